The Balaban J connectivity index is 2.56. The Labute approximate surface area is 166 Å². The number of thioether (sulfide) groups is 1. The van der Waals surface area contributed by atoms with Crippen LogP contribution in [0.1, 0.15) is 41.5 Å². The van der Waals surface area contributed by atoms with Crippen LogP contribution in [-0.2, 0) is 9.53 Å². The summed E-state index contributed by atoms with van der Waals surface area (Å²) in [6.07, 6.45) is 1.29. The Morgan fingerprint density at radius 3 is 2.19 bits per heavy atom. The number of amides is 2. The van der Waals surface area contributed by atoms with E-state index in [0.29, 0.717) is 6.61 Å². The number of rotatable bonds is 8. The molecule has 1 aromatic carbocycles. The van der Waals surface area contributed by atoms with Gasteiger partial charge in [0, 0.05) is 10.9 Å². The maximum absolute atomic E-state index is 12.4. The summed E-state index contributed by atoms with van der Waals surface area (Å²) in [6.45, 7) is 11.4. The van der Waals surface area contributed by atoms with Crippen molar-refractivity contribution in [3.05, 3.63) is 24.3 Å². The van der Waals surface area contributed by atoms with E-state index in [1.807, 2.05) is 51.3 Å². The Kier molecular flexibility index (Phi) is 9.12. The van der Waals surface area contributed by atoms with Crippen LogP contribution >= 0.6 is 11.8 Å². The summed E-state index contributed by atoms with van der Waals surface area (Å²) in [6, 6.07) is 7.24. The third-order valence-electron chi connectivity index (χ3n) is 3.60. The van der Waals surface area contributed by atoms with Crippen molar-refractivity contribution in [2.45, 2.75) is 64.1 Å². The summed E-state index contributed by atoms with van der Waals surface area (Å²) in [5.74, 6) is 0.368. The third kappa shape index (κ3) is 9.15. The lowest BCUT2D eigenvalue weighted by molar-refractivity contribution is -0.124. The lowest BCUT2D eigenvalue weighted by Crippen LogP contribution is -2.53. The largest absolute Gasteiger partial charge is 0.492 e. The van der Waals surface area contributed by atoms with Gasteiger partial charge in [0.05, 0.1) is 6.04 Å². The maximum Gasteiger partial charge on any atom is 0.414 e. The van der Waals surface area contributed by atoms with Crippen molar-refractivity contribution >= 4 is 23.8 Å². The SMILES string of the molecule is CSc1ccc(OCC(C)N[C@H](C(=O)NC(=O)OC(C)(C)C)C(C)C)cc1. The van der Waals surface area contributed by atoms with Crippen LogP contribution in [0.2, 0.25) is 0 Å². The van der Waals surface area contributed by atoms with E-state index in [2.05, 4.69) is 10.6 Å². The monoisotopic (exact) mass is 396 g/mol. The first-order valence-electron chi connectivity index (χ1n) is 9.08. The zero-order valence-corrected chi connectivity index (χ0v) is 18.1. The number of nitrogens with one attached hydrogen (secondary N) is 2. The maximum atomic E-state index is 12.4. The number of hydrogen-bond donors (Lipinski definition) is 2. The third-order valence-corrected chi connectivity index (χ3v) is 4.34. The van der Waals surface area contributed by atoms with Gasteiger partial charge in [0.15, 0.2) is 0 Å². The predicted octanol–water partition coefficient (Wildman–Crippen LogP) is 3.84. The molecule has 2 atom stereocenters. The molecule has 0 bridgehead atoms. The number of imide groups is 1. The number of ether oxygens (including phenoxy) is 2. The van der Waals surface area contributed by atoms with Gasteiger partial charge in [-0.2, -0.15) is 0 Å². The molecule has 27 heavy (non-hydrogen) atoms. The van der Waals surface area contributed by atoms with E-state index in [9.17, 15) is 9.59 Å². The second-order valence-electron chi connectivity index (χ2n) is 7.77. The molecule has 0 spiro atoms. The van der Waals surface area contributed by atoms with Crippen LogP contribution in [0.15, 0.2) is 29.2 Å². The zero-order valence-electron chi connectivity index (χ0n) is 17.3. The molecule has 1 aromatic rings. The average Bonchev–Trinajstić information content (AvgIpc) is 2.56. The molecule has 7 heteroatoms. The first-order chi connectivity index (χ1) is 12.5. The Morgan fingerprint density at radius 1 is 1.11 bits per heavy atom. The number of carbonyl (C=O) groups is 2. The van der Waals surface area contributed by atoms with E-state index in [-0.39, 0.29) is 12.0 Å². The minimum Gasteiger partial charge on any atom is -0.492 e. The highest BCUT2D eigenvalue weighted by Gasteiger charge is 2.27. The minimum absolute atomic E-state index is 0.00394. The van der Waals surface area contributed by atoms with Gasteiger partial charge in [-0.15, -0.1) is 11.8 Å². The van der Waals surface area contributed by atoms with Crippen LogP contribution in [0, 0.1) is 5.92 Å². The van der Waals surface area contributed by atoms with Gasteiger partial charge in [0.2, 0.25) is 5.91 Å². The second kappa shape index (κ2) is 10.6. The second-order valence-corrected chi connectivity index (χ2v) is 8.65. The van der Waals surface area contributed by atoms with Crippen LogP contribution in [0.3, 0.4) is 0 Å². The summed E-state index contributed by atoms with van der Waals surface area (Å²) < 4.78 is 10.9. The molecule has 0 radical (unpaired) electrons. The van der Waals surface area contributed by atoms with Crippen molar-refractivity contribution in [1.29, 1.82) is 0 Å². The van der Waals surface area contributed by atoms with Crippen molar-refractivity contribution in [2.75, 3.05) is 12.9 Å². The Morgan fingerprint density at radius 2 is 1.70 bits per heavy atom. The Hall–Kier alpha value is -1.73. The molecule has 0 aliphatic carbocycles. The minimum atomic E-state index is -0.738. The number of benzene rings is 1. The lowest BCUT2D eigenvalue weighted by Gasteiger charge is -2.26. The van der Waals surface area contributed by atoms with E-state index in [1.54, 1.807) is 32.5 Å². The molecule has 0 saturated heterocycles. The molecule has 0 aliphatic heterocycles. The fourth-order valence-electron chi connectivity index (χ4n) is 2.30. The highest BCUT2D eigenvalue weighted by molar-refractivity contribution is 7.98. The topological polar surface area (TPSA) is 76.7 Å². The fourth-order valence-corrected chi connectivity index (χ4v) is 2.71. The summed E-state index contributed by atoms with van der Waals surface area (Å²) in [5.41, 5.74) is -0.655. The van der Waals surface area contributed by atoms with Gasteiger partial charge in [-0.3, -0.25) is 15.4 Å². The molecule has 0 aliphatic rings. The van der Waals surface area contributed by atoms with E-state index in [1.165, 1.54) is 4.90 Å². The van der Waals surface area contributed by atoms with Gasteiger partial charge in [-0.25, -0.2) is 4.79 Å². The van der Waals surface area contributed by atoms with Gasteiger partial charge in [0.25, 0.3) is 0 Å². The van der Waals surface area contributed by atoms with Crippen molar-refractivity contribution in [2.24, 2.45) is 5.92 Å². The predicted molar refractivity (Wildman–Crippen MR) is 109 cm³/mol. The molecule has 6 nitrogen and oxygen atoms in total. The molecule has 2 amide bonds. The Bertz CT molecular complexity index is 611. The smallest absolute Gasteiger partial charge is 0.414 e. The normalized spacial score (nSPS) is 13.8. The standard InChI is InChI=1S/C20H32N2O4S/c1-13(2)17(18(23)22-19(24)26-20(4,5)6)21-14(3)12-25-15-8-10-16(27-7)11-9-15/h8-11,13-14,17,21H,12H2,1-7H3,(H,22,23,24)/t14?,17-/m0/s1. The number of hydrogen-bond acceptors (Lipinski definition) is 6. The molecule has 0 saturated carbocycles. The summed E-state index contributed by atoms with van der Waals surface area (Å²) in [7, 11) is 0. The van der Waals surface area contributed by atoms with Crippen molar-refractivity contribution < 1.29 is 19.1 Å². The summed E-state index contributed by atoms with van der Waals surface area (Å²) in [4.78, 5) is 25.5. The first kappa shape index (κ1) is 23.3. The number of carbonyl (C=O) groups excluding carboxylic acids is 2. The van der Waals surface area contributed by atoms with Gasteiger partial charge in [-0.05, 0) is 64.1 Å². The van der Waals surface area contributed by atoms with Crippen LogP contribution in [0.5, 0.6) is 5.75 Å². The first-order valence-corrected chi connectivity index (χ1v) is 10.3. The van der Waals surface area contributed by atoms with Gasteiger partial charge >= 0.3 is 6.09 Å². The molecule has 0 fully saturated rings. The van der Waals surface area contributed by atoms with Crippen molar-refractivity contribution in [3.63, 3.8) is 0 Å². The molecular weight excluding hydrogens is 364 g/mol. The van der Waals surface area contributed by atoms with E-state index >= 15 is 0 Å². The summed E-state index contributed by atoms with van der Waals surface area (Å²) in [5, 5.41) is 5.53. The molecule has 0 heterocycles. The zero-order chi connectivity index (χ0) is 20.6. The van der Waals surface area contributed by atoms with Crippen molar-refractivity contribution in [1.82, 2.24) is 10.6 Å². The quantitative estimate of drug-likeness (QED) is 0.650. The highest BCUT2D eigenvalue weighted by atomic mass is 32.2. The van der Waals surface area contributed by atoms with Crippen LogP contribution < -0.4 is 15.4 Å². The van der Waals surface area contributed by atoms with Gasteiger partial charge in [0.1, 0.15) is 18.0 Å². The van der Waals surface area contributed by atoms with Crippen molar-refractivity contribution in [3.8, 4) is 5.75 Å². The van der Waals surface area contributed by atoms with E-state index < -0.39 is 23.6 Å². The van der Waals surface area contributed by atoms with Gasteiger partial charge in [-0.1, -0.05) is 13.8 Å². The molecule has 152 valence electrons. The number of alkyl carbamates (subject to hydrolysis) is 1. The van der Waals surface area contributed by atoms with Crippen LogP contribution in [-0.4, -0.2) is 42.5 Å². The fraction of sp³-hybridized carbons (Fsp3) is 0.600. The van der Waals surface area contributed by atoms with Crippen LogP contribution in [0.4, 0.5) is 4.79 Å². The summed E-state index contributed by atoms with van der Waals surface area (Å²) >= 11 is 1.67. The molecule has 2 N–H and O–H groups in total. The van der Waals surface area contributed by atoms with E-state index in [4.69, 9.17) is 9.47 Å². The molecule has 1 rings (SSSR count). The molecular formula is C20H32N2O4S. The molecule has 1 unspecified atom stereocenters. The van der Waals surface area contributed by atoms with Gasteiger partial charge < -0.3 is 9.47 Å². The highest BCUT2D eigenvalue weighted by Crippen LogP contribution is 2.19. The van der Waals surface area contributed by atoms with E-state index in [0.717, 1.165) is 5.75 Å². The average molecular weight is 397 g/mol. The van der Waals surface area contributed by atoms with Crippen LogP contribution in [0.25, 0.3) is 0 Å². The molecule has 0 aromatic heterocycles. The lowest BCUT2D eigenvalue weighted by atomic mass is 10.0.